The first-order valence-corrected chi connectivity index (χ1v) is 2.69. The van der Waals surface area contributed by atoms with Gasteiger partial charge in [-0.1, -0.05) is 13.3 Å². The van der Waals surface area contributed by atoms with Gasteiger partial charge in [0.15, 0.2) is 0 Å². The van der Waals surface area contributed by atoms with Gasteiger partial charge in [0.1, 0.15) is 0 Å². The van der Waals surface area contributed by atoms with Crippen molar-refractivity contribution in [3.05, 3.63) is 6.92 Å². The Morgan fingerprint density at radius 1 is 1.75 bits per heavy atom. The van der Waals surface area contributed by atoms with Crippen molar-refractivity contribution in [2.24, 2.45) is 0 Å². The standard InChI is InChI=1S/C6H10O2/c1-3-4-5-8-6(2)7/h2H,3-5H2,1H3. The Bertz CT molecular complexity index is 68.9. The molecule has 8 heavy (non-hydrogen) atoms. The van der Waals surface area contributed by atoms with Crippen molar-refractivity contribution in [2.45, 2.75) is 19.8 Å². The Balaban J connectivity index is 2.82. The number of ether oxygens (including phenoxy) is 1. The van der Waals surface area contributed by atoms with Gasteiger partial charge >= 0.3 is 5.97 Å². The molecule has 0 aromatic rings. The maximum atomic E-state index is 9.87. The fourth-order valence-corrected chi connectivity index (χ4v) is 0.317. The van der Waals surface area contributed by atoms with Gasteiger partial charge in [-0.05, 0) is 6.42 Å². The van der Waals surface area contributed by atoms with Crippen LogP contribution in [0.4, 0.5) is 0 Å². The van der Waals surface area contributed by atoms with Crippen molar-refractivity contribution < 1.29 is 9.53 Å². The Morgan fingerprint density at radius 3 is 2.75 bits per heavy atom. The summed E-state index contributed by atoms with van der Waals surface area (Å²) in [6, 6.07) is 0. The first kappa shape index (κ1) is 7.47. The molecule has 0 N–H and O–H groups in total. The third-order valence-electron chi connectivity index (χ3n) is 0.742. The van der Waals surface area contributed by atoms with Gasteiger partial charge < -0.3 is 4.74 Å². The second-order valence-electron chi connectivity index (χ2n) is 1.52. The molecule has 0 unspecified atom stereocenters. The van der Waals surface area contributed by atoms with Gasteiger partial charge in [0.2, 0.25) is 0 Å². The summed E-state index contributed by atoms with van der Waals surface area (Å²) in [4.78, 5) is 9.87. The van der Waals surface area contributed by atoms with Crippen LogP contribution >= 0.6 is 0 Å². The summed E-state index contributed by atoms with van der Waals surface area (Å²) in [5.41, 5.74) is 0. The highest BCUT2D eigenvalue weighted by molar-refractivity contribution is 5.73. The molecular formula is C6H10O2. The zero-order chi connectivity index (χ0) is 6.41. The molecule has 0 amide bonds. The smallest absolute Gasteiger partial charge is 0.310 e. The highest BCUT2D eigenvalue weighted by Crippen LogP contribution is 1.86. The molecule has 0 aliphatic carbocycles. The largest absolute Gasteiger partial charge is 0.465 e. The van der Waals surface area contributed by atoms with Crippen LogP contribution in [0.15, 0.2) is 0 Å². The van der Waals surface area contributed by atoms with E-state index < -0.39 is 5.97 Å². The summed E-state index contributed by atoms with van der Waals surface area (Å²) < 4.78 is 4.42. The summed E-state index contributed by atoms with van der Waals surface area (Å²) in [6.07, 6.45) is 1.91. The zero-order valence-corrected chi connectivity index (χ0v) is 5.02. The number of carbonyl (C=O) groups is 1. The first-order valence-electron chi connectivity index (χ1n) is 2.69. The van der Waals surface area contributed by atoms with Crippen LogP contribution in [0.3, 0.4) is 0 Å². The minimum absolute atomic E-state index is 0.450. The minimum atomic E-state index is -0.682. The van der Waals surface area contributed by atoms with Crippen LogP contribution in [0.1, 0.15) is 19.8 Å². The molecular weight excluding hydrogens is 104 g/mol. The van der Waals surface area contributed by atoms with E-state index in [2.05, 4.69) is 11.7 Å². The molecule has 0 aromatic heterocycles. The van der Waals surface area contributed by atoms with E-state index in [1.54, 1.807) is 0 Å². The van der Waals surface area contributed by atoms with Crippen molar-refractivity contribution in [2.75, 3.05) is 6.61 Å². The molecule has 0 heterocycles. The molecule has 0 atom stereocenters. The highest BCUT2D eigenvalue weighted by Gasteiger charge is 1.88. The molecule has 46 valence electrons. The summed E-state index contributed by atoms with van der Waals surface area (Å²) in [7, 11) is 0. The van der Waals surface area contributed by atoms with Gasteiger partial charge in [0.05, 0.1) is 13.5 Å². The van der Waals surface area contributed by atoms with Crippen molar-refractivity contribution in [3.8, 4) is 0 Å². The fourth-order valence-electron chi connectivity index (χ4n) is 0.317. The minimum Gasteiger partial charge on any atom is -0.465 e. The Labute approximate surface area is 49.8 Å². The molecule has 0 rings (SSSR count). The second-order valence-corrected chi connectivity index (χ2v) is 1.52. The first-order chi connectivity index (χ1) is 3.77. The van der Waals surface area contributed by atoms with E-state index in [0.29, 0.717) is 6.61 Å². The van der Waals surface area contributed by atoms with Crippen LogP contribution in [-0.2, 0) is 9.53 Å². The lowest BCUT2D eigenvalue weighted by Gasteiger charge is -1.96. The third-order valence-corrected chi connectivity index (χ3v) is 0.742. The number of rotatable bonds is 3. The molecule has 0 spiro atoms. The number of unbranched alkanes of at least 4 members (excludes halogenated alkanes) is 1. The van der Waals surface area contributed by atoms with Crippen LogP contribution in [0.25, 0.3) is 0 Å². The van der Waals surface area contributed by atoms with E-state index in [1.807, 2.05) is 6.92 Å². The van der Waals surface area contributed by atoms with Gasteiger partial charge in [-0.15, -0.1) is 0 Å². The molecule has 0 aliphatic heterocycles. The van der Waals surface area contributed by atoms with E-state index >= 15 is 0 Å². The van der Waals surface area contributed by atoms with Gasteiger partial charge in [0, 0.05) is 0 Å². The lowest BCUT2D eigenvalue weighted by atomic mass is 10.4. The van der Waals surface area contributed by atoms with Crippen LogP contribution in [0, 0.1) is 6.92 Å². The monoisotopic (exact) mass is 114 g/mol. The van der Waals surface area contributed by atoms with E-state index in [9.17, 15) is 4.79 Å². The third kappa shape index (κ3) is 5.47. The number of hydrogen-bond acceptors (Lipinski definition) is 2. The van der Waals surface area contributed by atoms with Crippen LogP contribution < -0.4 is 0 Å². The highest BCUT2D eigenvalue weighted by atomic mass is 16.5. The molecule has 0 saturated carbocycles. The van der Waals surface area contributed by atoms with Gasteiger partial charge in [0.25, 0.3) is 0 Å². The summed E-state index contributed by atoms with van der Waals surface area (Å²) >= 11 is 0. The number of hydrogen-bond donors (Lipinski definition) is 0. The van der Waals surface area contributed by atoms with Crippen LogP contribution in [0.2, 0.25) is 0 Å². The van der Waals surface area contributed by atoms with Crippen molar-refractivity contribution in [1.82, 2.24) is 0 Å². The normalized spacial score (nSPS) is 8.75. The maximum absolute atomic E-state index is 9.87. The molecule has 0 fully saturated rings. The lowest BCUT2D eigenvalue weighted by Crippen LogP contribution is -1.99. The Hall–Kier alpha value is -0.530. The summed E-state index contributed by atoms with van der Waals surface area (Å²) in [6.45, 7) is 7.14. The quantitative estimate of drug-likeness (QED) is 0.405. The molecule has 0 aliphatic rings. The van der Waals surface area contributed by atoms with Crippen LogP contribution in [0.5, 0.6) is 0 Å². The SMILES string of the molecule is [CH]C(=O)OCCCC. The predicted molar refractivity (Wildman–Crippen MR) is 30.2 cm³/mol. The predicted octanol–water partition coefficient (Wildman–Crippen LogP) is 1.04. The summed E-state index contributed by atoms with van der Waals surface area (Å²) in [5, 5.41) is 0. The molecule has 0 bridgehead atoms. The molecule has 0 saturated heterocycles. The zero-order valence-electron chi connectivity index (χ0n) is 5.02. The maximum Gasteiger partial charge on any atom is 0.310 e. The Kier molecular flexibility index (Phi) is 4.32. The fraction of sp³-hybridized carbons (Fsp3) is 0.667. The molecule has 2 nitrogen and oxygen atoms in total. The van der Waals surface area contributed by atoms with E-state index in [-0.39, 0.29) is 0 Å². The molecule has 0 aromatic carbocycles. The summed E-state index contributed by atoms with van der Waals surface area (Å²) in [5.74, 6) is -0.682. The average Bonchev–Trinajstić information content (AvgIpc) is 1.66. The topological polar surface area (TPSA) is 26.3 Å². The average molecular weight is 114 g/mol. The van der Waals surface area contributed by atoms with Crippen molar-refractivity contribution in [1.29, 1.82) is 0 Å². The van der Waals surface area contributed by atoms with Crippen molar-refractivity contribution >= 4 is 5.97 Å². The van der Waals surface area contributed by atoms with Gasteiger partial charge in [-0.3, -0.25) is 4.79 Å². The van der Waals surface area contributed by atoms with Gasteiger partial charge in [-0.2, -0.15) is 0 Å². The lowest BCUT2D eigenvalue weighted by molar-refractivity contribution is -0.138. The van der Waals surface area contributed by atoms with Crippen molar-refractivity contribution in [3.63, 3.8) is 0 Å². The van der Waals surface area contributed by atoms with Gasteiger partial charge in [-0.25, -0.2) is 0 Å². The van der Waals surface area contributed by atoms with Crippen LogP contribution in [-0.4, -0.2) is 12.6 Å². The van der Waals surface area contributed by atoms with E-state index in [1.165, 1.54) is 0 Å². The number of esters is 1. The Morgan fingerprint density at radius 2 is 2.38 bits per heavy atom. The van der Waals surface area contributed by atoms with E-state index in [4.69, 9.17) is 0 Å². The second kappa shape index (κ2) is 4.62. The molecule has 2 radical (unpaired) electrons. The molecule has 2 heteroatoms. The number of carbonyl (C=O) groups excluding carboxylic acids is 1. The van der Waals surface area contributed by atoms with E-state index in [0.717, 1.165) is 12.8 Å².